The number of Topliss-reactive ketones (excluding diaryl/α,β-unsaturated/α-hetero) is 1. The Morgan fingerprint density at radius 1 is 1.24 bits per heavy atom. The average molecular weight is 284 g/mol. The number of pyridine rings is 2. The van der Waals surface area contributed by atoms with Gasteiger partial charge in [0, 0.05) is 24.2 Å². The van der Waals surface area contributed by atoms with Crippen LogP contribution in [0, 0.1) is 0 Å². The Labute approximate surface area is 122 Å². The number of aromatic nitrogens is 2. The minimum Gasteiger partial charge on any atom is -0.478 e. The normalized spacial score (nSPS) is 11.9. The fourth-order valence-corrected chi connectivity index (χ4v) is 2.00. The lowest BCUT2D eigenvalue weighted by Gasteiger charge is -2.12. The van der Waals surface area contributed by atoms with Gasteiger partial charge in [-0.1, -0.05) is 19.9 Å². The number of ketones is 1. The molecule has 108 valence electrons. The van der Waals surface area contributed by atoms with E-state index in [-0.39, 0.29) is 29.4 Å². The van der Waals surface area contributed by atoms with Crippen LogP contribution in [-0.2, 0) is 0 Å². The van der Waals surface area contributed by atoms with Gasteiger partial charge in [-0.15, -0.1) is 0 Å². The van der Waals surface area contributed by atoms with Crippen molar-refractivity contribution in [1.82, 2.24) is 9.97 Å². The molecule has 0 saturated heterocycles. The van der Waals surface area contributed by atoms with E-state index in [0.29, 0.717) is 5.69 Å². The van der Waals surface area contributed by atoms with Crippen molar-refractivity contribution in [2.45, 2.75) is 26.2 Å². The molecule has 0 saturated carbocycles. The lowest BCUT2D eigenvalue weighted by molar-refractivity contribution is 0.0696. The average Bonchev–Trinajstić information content (AvgIpc) is 2.53. The Kier molecular flexibility index (Phi) is 4.42. The number of carbonyl (C=O) groups excluding carboxylic acids is 1. The van der Waals surface area contributed by atoms with Crippen LogP contribution in [-0.4, -0.2) is 26.8 Å². The standard InChI is InChI=1S/C16H16N2O3/c1-3-15(19)14-9-11(16(20)21)8-13(18-14)10(2)12-6-4-5-7-17-12/h4-10H,3H2,1-2H3,(H,20,21). The van der Waals surface area contributed by atoms with Crippen molar-refractivity contribution in [1.29, 1.82) is 0 Å². The smallest absolute Gasteiger partial charge is 0.335 e. The number of rotatable bonds is 5. The zero-order valence-corrected chi connectivity index (χ0v) is 11.9. The third kappa shape index (κ3) is 3.31. The lowest BCUT2D eigenvalue weighted by atomic mass is 9.99. The van der Waals surface area contributed by atoms with Crippen LogP contribution >= 0.6 is 0 Å². The summed E-state index contributed by atoms with van der Waals surface area (Å²) in [5.74, 6) is -1.43. The molecule has 0 bridgehead atoms. The summed E-state index contributed by atoms with van der Waals surface area (Å²) in [7, 11) is 0. The molecule has 0 fully saturated rings. The summed E-state index contributed by atoms with van der Waals surface area (Å²) in [6, 6.07) is 8.33. The minimum absolute atomic E-state index is 0.0691. The maximum absolute atomic E-state index is 11.8. The van der Waals surface area contributed by atoms with Crippen molar-refractivity contribution >= 4 is 11.8 Å². The quantitative estimate of drug-likeness (QED) is 0.854. The molecule has 0 aliphatic heterocycles. The van der Waals surface area contributed by atoms with Crippen molar-refractivity contribution in [3.05, 3.63) is 59.2 Å². The summed E-state index contributed by atoms with van der Waals surface area (Å²) >= 11 is 0. The summed E-state index contributed by atoms with van der Waals surface area (Å²) in [4.78, 5) is 31.6. The van der Waals surface area contributed by atoms with E-state index in [1.165, 1.54) is 12.1 Å². The number of hydrogen-bond acceptors (Lipinski definition) is 4. The van der Waals surface area contributed by atoms with Crippen LogP contribution in [0.3, 0.4) is 0 Å². The van der Waals surface area contributed by atoms with Crippen molar-refractivity contribution < 1.29 is 14.7 Å². The van der Waals surface area contributed by atoms with Gasteiger partial charge in [0.2, 0.25) is 0 Å². The fourth-order valence-electron chi connectivity index (χ4n) is 2.00. The Balaban J connectivity index is 2.50. The predicted octanol–water partition coefficient (Wildman–Crippen LogP) is 2.92. The molecule has 0 aliphatic rings. The van der Waals surface area contributed by atoms with Crippen LogP contribution in [0.25, 0.3) is 0 Å². The maximum Gasteiger partial charge on any atom is 0.335 e. The SMILES string of the molecule is CCC(=O)c1cc(C(=O)O)cc(C(C)c2ccccn2)n1. The second kappa shape index (κ2) is 6.26. The number of carboxylic acid groups (broad SMARTS) is 1. The van der Waals surface area contributed by atoms with Crippen molar-refractivity contribution in [2.75, 3.05) is 0 Å². The van der Waals surface area contributed by atoms with Crippen molar-refractivity contribution in [3.63, 3.8) is 0 Å². The van der Waals surface area contributed by atoms with Gasteiger partial charge in [0.05, 0.1) is 11.3 Å². The van der Waals surface area contributed by atoms with Crippen LogP contribution < -0.4 is 0 Å². The first kappa shape index (κ1) is 14.8. The first-order valence-electron chi connectivity index (χ1n) is 6.72. The van der Waals surface area contributed by atoms with E-state index < -0.39 is 5.97 Å². The summed E-state index contributed by atoms with van der Waals surface area (Å²) in [6.45, 7) is 3.61. The molecular formula is C16H16N2O3. The molecule has 1 unspecified atom stereocenters. The second-order valence-electron chi connectivity index (χ2n) is 4.72. The highest BCUT2D eigenvalue weighted by molar-refractivity contribution is 5.97. The van der Waals surface area contributed by atoms with E-state index in [2.05, 4.69) is 9.97 Å². The largest absolute Gasteiger partial charge is 0.478 e. The molecule has 5 heteroatoms. The first-order valence-corrected chi connectivity index (χ1v) is 6.72. The molecule has 21 heavy (non-hydrogen) atoms. The van der Waals surface area contributed by atoms with E-state index in [1.807, 2.05) is 25.1 Å². The fraction of sp³-hybridized carbons (Fsp3) is 0.250. The monoisotopic (exact) mass is 284 g/mol. The Morgan fingerprint density at radius 3 is 2.57 bits per heavy atom. The summed E-state index contributed by atoms with van der Waals surface area (Å²) < 4.78 is 0. The van der Waals surface area contributed by atoms with Gasteiger partial charge < -0.3 is 5.11 Å². The first-order chi connectivity index (χ1) is 10.0. The second-order valence-corrected chi connectivity index (χ2v) is 4.72. The van der Waals surface area contributed by atoms with Gasteiger partial charge in [0.15, 0.2) is 5.78 Å². The zero-order valence-electron chi connectivity index (χ0n) is 11.9. The summed E-state index contributed by atoms with van der Waals surface area (Å²) in [6.07, 6.45) is 1.96. The number of hydrogen-bond donors (Lipinski definition) is 1. The maximum atomic E-state index is 11.8. The zero-order chi connectivity index (χ0) is 15.4. The van der Waals surface area contributed by atoms with Crippen LogP contribution in [0.1, 0.15) is 58.4 Å². The third-order valence-corrected chi connectivity index (χ3v) is 3.27. The molecule has 2 heterocycles. The van der Waals surface area contributed by atoms with Gasteiger partial charge in [-0.3, -0.25) is 9.78 Å². The van der Waals surface area contributed by atoms with E-state index in [4.69, 9.17) is 0 Å². The molecule has 0 radical (unpaired) electrons. The lowest BCUT2D eigenvalue weighted by Crippen LogP contribution is -2.10. The van der Waals surface area contributed by atoms with Gasteiger partial charge in [-0.05, 0) is 24.3 Å². The molecule has 0 aliphatic carbocycles. The van der Waals surface area contributed by atoms with E-state index in [1.54, 1.807) is 13.1 Å². The molecule has 1 atom stereocenters. The number of carboxylic acids is 1. The molecule has 2 aromatic rings. The molecule has 2 rings (SSSR count). The Bertz CT molecular complexity index is 668. The molecule has 0 amide bonds. The molecule has 0 spiro atoms. The van der Waals surface area contributed by atoms with E-state index in [0.717, 1.165) is 5.69 Å². The highest BCUT2D eigenvalue weighted by Crippen LogP contribution is 2.22. The third-order valence-electron chi connectivity index (χ3n) is 3.27. The topological polar surface area (TPSA) is 80.2 Å². The number of nitrogens with zero attached hydrogens (tertiary/aromatic N) is 2. The van der Waals surface area contributed by atoms with Crippen molar-refractivity contribution in [3.8, 4) is 0 Å². The van der Waals surface area contributed by atoms with Crippen molar-refractivity contribution in [2.24, 2.45) is 0 Å². The summed E-state index contributed by atoms with van der Waals surface area (Å²) in [5, 5.41) is 9.19. The Morgan fingerprint density at radius 2 is 2.00 bits per heavy atom. The molecule has 0 aromatic carbocycles. The Hall–Kier alpha value is -2.56. The number of aromatic carboxylic acids is 1. The van der Waals surface area contributed by atoms with Gasteiger partial charge in [-0.2, -0.15) is 0 Å². The van der Waals surface area contributed by atoms with Gasteiger partial charge in [0.1, 0.15) is 5.69 Å². The van der Waals surface area contributed by atoms with Gasteiger partial charge in [-0.25, -0.2) is 9.78 Å². The summed E-state index contributed by atoms with van der Waals surface area (Å²) in [5.41, 5.74) is 1.57. The van der Waals surface area contributed by atoms with E-state index >= 15 is 0 Å². The molecular weight excluding hydrogens is 268 g/mol. The minimum atomic E-state index is -1.07. The van der Waals surface area contributed by atoms with Crippen LogP contribution in [0.5, 0.6) is 0 Å². The molecule has 1 N–H and O–H groups in total. The van der Waals surface area contributed by atoms with Gasteiger partial charge in [0.25, 0.3) is 0 Å². The molecule has 2 aromatic heterocycles. The van der Waals surface area contributed by atoms with E-state index in [9.17, 15) is 14.7 Å². The predicted molar refractivity (Wildman–Crippen MR) is 77.6 cm³/mol. The molecule has 5 nitrogen and oxygen atoms in total. The highest BCUT2D eigenvalue weighted by Gasteiger charge is 2.17. The highest BCUT2D eigenvalue weighted by atomic mass is 16.4. The van der Waals surface area contributed by atoms with Crippen LogP contribution in [0.2, 0.25) is 0 Å². The van der Waals surface area contributed by atoms with Crippen LogP contribution in [0.15, 0.2) is 36.5 Å². The van der Waals surface area contributed by atoms with Crippen LogP contribution in [0.4, 0.5) is 0 Å². The van der Waals surface area contributed by atoms with Gasteiger partial charge >= 0.3 is 5.97 Å². The number of carbonyl (C=O) groups is 2.